The molecule has 4 bridgehead atoms. The van der Waals surface area contributed by atoms with Crippen LogP contribution in [0, 0.1) is 29.1 Å². The molecule has 2 aromatic heterocycles. The lowest BCUT2D eigenvalue weighted by atomic mass is 9.49. The Morgan fingerprint density at radius 3 is 2.33 bits per heavy atom. The van der Waals surface area contributed by atoms with Crippen LogP contribution in [0.5, 0.6) is 0 Å². The average molecular weight is 278 g/mol. The second-order valence-corrected chi connectivity index (χ2v) is 7.48. The molecule has 0 spiro atoms. The van der Waals surface area contributed by atoms with Crippen molar-refractivity contribution in [1.82, 2.24) is 14.6 Å². The number of aromatic nitrogens is 3. The first kappa shape index (κ1) is 11.7. The van der Waals surface area contributed by atoms with Crippen LogP contribution in [0.25, 0.3) is 5.65 Å². The molecule has 4 fully saturated rings. The summed E-state index contributed by atoms with van der Waals surface area (Å²) in [7, 11) is 0. The maximum Gasteiger partial charge on any atom is 0.160 e. The van der Waals surface area contributed by atoms with Gasteiger partial charge in [0, 0.05) is 11.6 Å². The number of fused-ring (bicyclic) bond motifs is 1. The van der Waals surface area contributed by atoms with Crippen LogP contribution in [-0.2, 0) is 5.41 Å². The van der Waals surface area contributed by atoms with E-state index in [9.17, 15) is 0 Å². The third kappa shape index (κ3) is 1.55. The molecule has 4 aliphatic rings. The van der Waals surface area contributed by atoms with Crippen molar-refractivity contribution in [3.8, 4) is 6.07 Å². The van der Waals surface area contributed by atoms with Crippen molar-refractivity contribution in [3.63, 3.8) is 0 Å². The summed E-state index contributed by atoms with van der Waals surface area (Å²) in [5.74, 6) is 3.79. The van der Waals surface area contributed by atoms with Crippen LogP contribution in [-0.4, -0.2) is 14.6 Å². The number of hydrogen-bond donors (Lipinski definition) is 0. The van der Waals surface area contributed by atoms with E-state index < -0.39 is 0 Å². The molecule has 0 aromatic carbocycles. The lowest BCUT2D eigenvalue weighted by molar-refractivity contribution is -0.00984. The maximum atomic E-state index is 9.16. The average Bonchev–Trinajstić information content (AvgIpc) is 2.89. The van der Waals surface area contributed by atoms with E-state index in [-0.39, 0.29) is 5.41 Å². The van der Waals surface area contributed by atoms with Gasteiger partial charge in [-0.1, -0.05) is 0 Å². The highest BCUT2D eigenvalue weighted by Crippen LogP contribution is 2.60. The van der Waals surface area contributed by atoms with E-state index in [1.807, 2.05) is 18.3 Å². The monoisotopic (exact) mass is 278 g/mol. The highest BCUT2D eigenvalue weighted by molar-refractivity contribution is 5.44. The fraction of sp³-hybridized carbons (Fsp3) is 0.588. The van der Waals surface area contributed by atoms with Crippen LogP contribution >= 0.6 is 0 Å². The molecular weight excluding hydrogens is 260 g/mol. The molecule has 4 saturated carbocycles. The minimum absolute atomic E-state index is 0.224. The van der Waals surface area contributed by atoms with Gasteiger partial charge in [0.1, 0.15) is 11.9 Å². The first-order valence-electron chi connectivity index (χ1n) is 8.01. The molecule has 2 aromatic rings. The van der Waals surface area contributed by atoms with Crippen molar-refractivity contribution in [2.45, 2.75) is 43.9 Å². The highest BCUT2D eigenvalue weighted by atomic mass is 15.3. The molecule has 0 unspecified atom stereocenters. The number of nitrogens with zero attached hydrogens (tertiary/aromatic N) is 4. The standard InChI is InChI=1S/C17H18N4/c18-9-11-1-2-15-19-20-16(21(15)10-11)17-6-12-3-13(7-17)5-14(4-12)8-17/h1-2,10,12-14H,3-8H2. The van der Waals surface area contributed by atoms with Crippen molar-refractivity contribution in [2.75, 3.05) is 0 Å². The van der Waals surface area contributed by atoms with Gasteiger partial charge in [-0.15, -0.1) is 10.2 Å². The summed E-state index contributed by atoms with van der Waals surface area (Å²) in [6, 6.07) is 5.97. The molecule has 0 saturated heterocycles. The van der Waals surface area contributed by atoms with Gasteiger partial charge in [0.2, 0.25) is 0 Å². The topological polar surface area (TPSA) is 54.0 Å². The predicted octanol–water partition coefficient (Wildman–Crippen LogP) is 3.07. The zero-order chi connectivity index (χ0) is 14.0. The van der Waals surface area contributed by atoms with Crippen molar-refractivity contribution in [3.05, 3.63) is 29.7 Å². The number of nitriles is 1. The van der Waals surface area contributed by atoms with E-state index >= 15 is 0 Å². The second-order valence-electron chi connectivity index (χ2n) is 7.48. The summed E-state index contributed by atoms with van der Waals surface area (Å²) in [5.41, 5.74) is 1.79. The van der Waals surface area contributed by atoms with E-state index in [1.54, 1.807) is 0 Å². The van der Waals surface area contributed by atoms with Gasteiger partial charge in [-0.25, -0.2) is 0 Å². The molecule has 0 atom stereocenters. The van der Waals surface area contributed by atoms with Crippen LogP contribution in [0.1, 0.15) is 49.9 Å². The fourth-order valence-electron chi connectivity index (χ4n) is 5.70. The second kappa shape index (κ2) is 3.85. The van der Waals surface area contributed by atoms with Crippen LogP contribution in [0.15, 0.2) is 18.3 Å². The summed E-state index contributed by atoms with van der Waals surface area (Å²) in [5, 5.41) is 18.1. The molecule has 4 nitrogen and oxygen atoms in total. The zero-order valence-corrected chi connectivity index (χ0v) is 12.0. The molecule has 0 N–H and O–H groups in total. The smallest absolute Gasteiger partial charge is 0.160 e. The Labute approximate surface area is 123 Å². The van der Waals surface area contributed by atoms with Crippen molar-refractivity contribution >= 4 is 5.65 Å². The van der Waals surface area contributed by atoms with E-state index in [1.165, 1.54) is 38.5 Å². The minimum Gasteiger partial charge on any atom is -0.285 e. The molecule has 0 aliphatic heterocycles. The van der Waals surface area contributed by atoms with Gasteiger partial charge in [0.15, 0.2) is 5.65 Å². The Kier molecular flexibility index (Phi) is 2.15. The number of hydrogen-bond acceptors (Lipinski definition) is 3. The predicted molar refractivity (Wildman–Crippen MR) is 77.6 cm³/mol. The summed E-state index contributed by atoms with van der Waals surface area (Å²) in [4.78, 5) is 0. The molecule has 2 heterocycles. The molecule has 0 amide bonds. The van der Waals surface area contributed by atoms with Gasteiger partial charge in [-0.2, -0.15) is 5.26 Å². The van der Waals surface area contributed by atoms with Crippen molar-refractivity contribution in [2.24, 2.45) is 17.8 Å². The summed E-state index contributed by atoms with van der Waals surface area (Å²) >= 11 is 0. The van der Waals surface area contributed by atoms with Gasteiger partial charge in [-0.3, -0.25) is 4.40 Å². The Bertz CT molecular complexity index is 731. The number of rotatable bonds is 1. The van der Waals surface area contributed by atoms with Crippen molar-refractivity contribution in [1.29, 1.82) is 5.26 Å². The van der Waals surface area contributed by atoms with Gasteiger partial charge >= 0.3 is 0 Å². The highest BCUT2D eigenvalue weighted by Gasteiger charge is 2.53. The number of pyridine rings is 1. The van der Waals surface area contributed by atoms with Crippen LogP contribution in [0.4, 0.5) is 0 Å². The normalized spacial score (nSPS) is 37.0. The SMILES string of the molecule is N#Cc1ccc2nnc(C34CC5CC(CC(C5)C3)C4)n2c1. The molecule has 106 valence electrons. The third-order valence-electron chi connectivity index (χ3n) is 6.04. The Hall–Kier alpha value is -1.89. The molecule has 6 rings (SSSR count). The Morgan fingerprint density at radius 2 is 1.71 bits per heavy atom. The summed E-state index contributed by atoms with van der Waals surface area (Å²) < 4.78 is 2.09. The Balaban J connectivity index is 1.69. The molecule has 21 heavy (non-hydrogen) atoms. The van der Waals surface area contributed by atoms with E-state index in [0.29, 0.717) is 5.56 Å². The first-order valence-corrected chi connectivity index (χ1v) is 8.01. The third-order valence-corrected chi connectivity index (χ3v) is 6.04. The van der Waals surface area contributed by atoms with Gasteiger partial charge < -0.3 is 0 Å². The molecule has 0 radical (unpaired) electrons. The Morgan fingerprint density at radius 1 is 1.05 bits per heavy atom. The van der Waals surface area contributed by atoms with E-state index in [2.05, 4.69) is 20.7 Å². The quantitative estimate of drug-likeness (QED) is 0.805. The van der Waals surface area contributed by atoms with Gasteiger partial charge in [0.25, 0.3) is 0 Å². The summed E-state index contributed by atoms with van der Waals surface area (Å²) in [6.45, 7) is 0. The molecule has 4 heteroatoms. The van der Waals surface area contributed by atoms with Crippen LogP contribution < -0.4 is 0 Å². The van der Waals surface area contributed by atoms with Crippen molar-refractivity contribution < 1.29 is 0 Å². The first-order chi connectivity index (χ1) is 10.3. The zero-order valence-electron chi connectivity index (χ0n) is 12.0. The van der Waals surface area contributed by atoms with E-state index in [0.717, 1.165) is 29.2 Å². The lowest BCUT2D eigenvalue weighted by Gasteiger charge is -2.55. The van der Waals surface area contributed by atoms with Gasteiger partial charge in [0.05, 0.1) is 5.56 Å². The fourth-order valence-corrected chi connectivity index (χ4v) is 5.70. The summed E-state index contributed by atoms with van der Waals surface area (Å²) in [6.07, 6.45) is 10.0. The molecule has 4 aliphatic carbocycles. The lowest BCUT2D eigenvalue weighted by Crippen LogP contribution is -2.49. The van der Waals surface area contributed by atoms with Crippen LogP contribution in [0.2, 0.25) is 0 Å². The van der Waals surface area contributed by atoms with Crippen LogP contribution in [0.3, 0.4) is 0 Å². The largest absolute Gasteiger partial charge is 0.285 e. The minimum atomic E-state index is 0.224. The van der Waals surface area contributed by atoms with Gasteiger partial charge in [-0.05, 0) is 68.4 Å². The maximum absolute atomic E-state index is 9.16. The van der Waals surface area contributed by atoms with E-state index in [4.69, 9.17) is 5.26 Å². The molecular formula is C17H18N4.